The van der Waals surface area contributed by atoms with E-state index in [4.69, 9.17) is 4.98 Å². The Kier molecular flexibility index (Phi) is 6.23. The summed E-state index contributed by atoms with van der Waals surface area (Å²) in [6, 6.07) is 27.0. The summed E-state index contributed by atoms with van der Waals surface area (Å²) < 4.78 is 2.18. The smallest absolute Gasteiger partial charge is 0.336 e. The molecule has 1 aliphatic heterocycles. The lowest BCUT2D eigenvalue weighted by Gasteiger charge is -2.17. The Balaban J connectivity index is 1.46. The number of anilines is 1. The number of aromatic nitrogens is 2. The molecule has 39 heavy (non-hydrogen) atoms. The number of carboxylic acids is 1. The van der Waals surface area contributed by atoms with Crippen LogP contribution in [-0.2, 0) is 13.0 Å². The van der Waals surface area contributed by atoms with Crippen LogP contribution in [0, 0.1) is 6.92 Å². The van der Waals surface area contributed by atoms with E-state index in [1.807, 2.05) is 72.5 Å². The van der Waals surface area contributed by atoms with Gasteiger partial charge in [0.2, 0.25) is 0 Å². The van der Waals surface area contributed by atoms with E-state index in [-0.39, 0.29) is 11.5 Å². The Morgan fingerprint density at radius 1 is 0.897 bits per heavy atom. The van der Waals surface area contributed by atoms with Crippen LogP contribution in [0.3, 0.4) is 0 Å². The normalized spacial score (nSPS) is 12.8. The Morgan fingerprint density at radius 3 is 2.38 bits per heavy atom. The van der Waals surface area contributed by atoms with Gasteiger partial charge in [0.25, 0.3) is 5.91 Å². The van der Waals surface area contributed by atoms with Crippen molar-refractivity contribution in [3.8, 4) is 16.8 Å². The van der Waals surface area contributed by atoms with Gasteiger partial charge < -0.3 is 10.0 Å². The van der Waals surface area contributed by atoms with E-state index in [1.165, 1.54) is 0 Å². The van der Waals surface area contributed by atoms with Gasteiger partial charge in [-0.3, -0.25) is 9.36 Å². The number of imidazole rings is 1. The highest BCUT2D eigenvalue weighted by molar-refractivity contribution is 6.10. The molecule has 0 atom stereocenters. The summed E-state index contributed by atoms with van der Waals surface area (Å²) in [5.74, 6) is 0.0420. The second kappa shape index (κ2) is 9.87. The second-order valence-electron chi connectivity index (χ2n) is 10.0. The topological polar surface area (TPSA) is 75.4 Å². The van der Waals surface area contributed by atoms with Crippen molar-refractivity contribution in [1.82, 2.24) is 9.55 Å². The molecular weight excluding hydrogens is 486 g/mol. The Hall–Kier alpha value is -4.71. The number of hydrogen-bond donors (Lipinski definition) is 1. The number of benzene rings is 4. The predicted molar refractivity (Wildman–Crippen MR) is 154 cm³/mol. The Morgan fingerprint density at radius 2 is 1.64 bits per heavy atom. The molecule has 1 N–H and O–H groups in total. The van der Waals surface area contributed by atoms with Gasteiger partial charge in [-0.1, -0.05) is 55.8 Å². The van der Waals surface area contributed by atoms with Crippen molar-refractivity contribution in [1.29, 1.82) is 0 Å². The van der Waals surface area contributed by atoms with Crippen LogP contribution in [0.15, 0.2) is 84.9 Å². The molecule has 1 amide bonds. The van der Waals surface area contributed by atoms with Crippen molar-refractivity contribution >= 4 is 28.6 Å². The van der Waals surface area contributed by atoms with Crippen LogP contribution < -0.4 is 4.90 Å². The van der Waals surface area contributed by atoms with E-state index in [0.29, 0.717) is 12.1 Å². The van der Waals surface area contributed by atoms with Crippen molar-refractivity contribution in [2.75, 3.05) is 4.90 Å². The number of unbranched alkanes of at least 4 members (excludes halogenated alkanes) is 1. The van der Waals surface area contributed by atoms with Crippen LogP contribution in [0.5, 0.6) is 0 Å². The molecular formula is C33H29N3O3. The van der Waals surface area contributed by atoms with Crippen LogP contribution in [-0.4, -0.2) is 26.5 Å². The van der Waals surface area contributed by atoms with Gasteiger partial charge in [-0.2, -0.15) is 0 Å². The highest BCUT2D eigenvalue weighted by Crippen LogP contribution is 2.34. The number of carbonyl (C=O) groups excluding carboxylic acids is 1. The van der Waals surface area contributed by atoms with Crippen LogP contribution in [0.2, 0.25) is 0 Å². The average molecular weight is 516 g/mol. The molecule has 5 aromatic rings. The molecule has 0 fully saturated rings. The molecule has 0 spiro atoms. The van der Waals surface area contributed by atoms with Gasteiger partial charge in [-0.15, -0.1) is 0 Å². The molecule has 6 rings (SSSR count). The summed E-state index contributed by atoms with van der Waals surface area (Å²) in [5.41, 5.74) is 8.27. The van der Waals surface area contributed by atoms with E-state index in [0.717, 1.165) is 69.7 Å². The average Bonchev–Trinajstić information content (AvgIpc) is 3.48. The third-order valence-electron chi connectivity index (χ3n) is 7.51. The predicted octanol–water partition coefficient (Wildman–Crippen LogP) is 7.20. The van der Waals surface area contributed by atoms with Crippen molar-refractivity contribution in [2.24, 2.45) is 0 Å². The van der Waals surface area contributed by atoms with Gasteiger partial charge in [-0.25, -0.2) is 9.78 Å². The summed E-state index contributed by atoms with van der Waals surface area (Å²) >= 11 is 0. The molecule has 0 aliphatic carbocycles. The SMILES string of the molecule is CCCCc1nc2ccc(N3Cc4ccccc4C3=O)cc2n1-c1ccc(-c2ccccc2C(=O)O)c(C)c1. The zero-order valence-corrected chi connectivity index (χ0v) is 22.0. The van der Waals surface area contributed by atoms with E-state index in [2.05, 4.69) is 23.6 Å². The minimum Gasteiger partial charge on any atom is -0.478 e. The second-order valence-corrected chi connectivity index (χ2v) is 10.0. The first kappa shape index (κ1) is 24.6. The van der Waals surface area contributed by atoms with Gasteiger partial charge in [-0.05, 0) is 78.1 Å². The van der Waals surface area contributed by atoms with E-state index >= 15 is 0 Å². The zero-order valence-electron chi connectivity index (χ0n) is 22.0. The summed E-state index contributed by atoms with van der Waals surface area (Å²) in [6.07, 6.45) is 2.90. The quantitative estimate of drug-likeness (QED) is 0.249. The number of nitrogens with zero attached hydrogens (tertiary/aromatic N) is 3. The largest absolute Gasteiger partial charge is 0.478 e. The van der Waals surface area contributed by atoms with Gasteiger partial charge in [0.05, 0.1) is 23.1 Å². The number of rotatable bonds is 7. The van der Waals surface area contributed by atoms with Gasteiger partial charge >= 0.3 is 5.97 Å². The van der Waals surface area contributed by atoms with Gasteiger partial charge in [0.1, 0.15) is 5.82 Å². The first-order chi connectivity index (χ1) is 19.0. The maximum Gasteiger partial charge on any atom is 0.336 e. The lowest BCUT2D eigenvalue weighted by molar-refractivity contribution is 0.0697. The summed E-state index contributed by atoms with van der Waals surface area (Å²) in [6.45, 7) is 4.72. The molecule has 6 nitrogen and oxygen atoms in total. The lowest BCUT2D eigenvalue weighted by Crippen LogP contribution is -2.22. The van der Waals surface area contributed by atoms with Crippen LogP contribution in [0.4, 0.5) is 5.69 Å². The number of aryl methyl sites for hydroxylation is 2. The lowest BCUT2D eigenvalue weighted by atomic mass is 9.95. The summed E-state index contributed by atoms with van der Waals surface area (Å²) in [5, 5.41) is 9.71. The summed E-state index contributed by atoms with van der Waals surface area (Å²) in [7, 11) is 0. The van der Waals surface area contributed by atoms with Gasteiger partial charge in [0.15, 0.2) is 0 Å². The zero-order chi connectivity index (χ0) is 27.1. The molecule has 194 valence electrons. The molecule has 0 unspecified atom stereocenters. The van der Waals surface area contributed by atoms with Crippen LogP contribution >= 0.6 is 0 Å². The van der Waals surface area contributed by atoms with E-state index in [1.54, 1.807) is 12.1 Å². The Labute approximate surface area is 227 Å². The summed E-state index contributed by atoms with van der Waals surface area (Å²) in [4.78, 5) is 31.8. The third kappa shape index (κ3) is 4.28. The standard InChI is InChI=1S/C33H29N3O3/c1-3-4-13-31-34-29-17-15-23(35-20-22-9-5-6-10-26(22)32(35)37)19-30(29)36(31)24-14-16-25(21(2)18-24)27-11-7-8-12-28(27)33(38)39/h5-12,14-19H,3-4,13,20H2,1-2H3,(H,38,39). The third-order valence-corrected chi connectivity index (χ3v) is 7.51. The minimum absolute atomic E-state index is 0.0134. The first-order valence-corrected chi connectivity index (χ1v) is 13.3. The van der Waals surface area contributed by atoms with Crippen LogP contribution in [0.25, 0.3) is 27.8 Å². The maximum absolute atomic E-state index is 13.2. The van der Waals surface area contributed by atoms with Crippen molar-refractivity contribution in [3.63, 3.8) is 0 Å². The molecule has 0 saturated carbocycles. The fraction of sp³-hybridized carbons (Fsp3) is 0.182. The molecule has 1 aromatic heterocycles. The van der Waals surface area contributed by atoms with Crippen LogP contribution in [0.1, 0.15) is 57.4 Å². The molecule has 4 aromatic carbocycles. The number of carbonyl (C=O) groups is 2. The van der Waals surface area contributed by atoms with Crippen molar-refractivity contribution in [2.45, 2.75) is 39.7 Å². The fourth-order valence-corrected chi connectivity index (χ4v) is 5.53. The maximum atomic E-state index is 13.2. The number of aromatic carboxylic acids is 1. The molecule has 0 saturated heterocycles. The Bertz CT molecular complexity index is 1750. The molecule has 6 heteroatoms. The highest BCUT2D eigenvalue weighted by atomic mass is 16.4. The number of fused-ring (bicyclic) bond motifs is 2. The first-order valence-electron chi connectivity index (χ1n) is 13.3. The number of amides is 1. The fourth-order valence-electron chi connectivity index (χ4n) is 5.53. The molecule has 1 aliphatic rings. The van der Waals surface area contributed by atoms with Gasteiger partial charge in [0, 0.05) is 23.4 Å². The van der Waals surface area contributed by atoms with E-state index in [9.17, 15) is 14.7 Å². The number of carboxylic acid groups (broad SMARTS) is 1. The van der Waals surface area contributed by atoms with Crippen molar-refractivity contribution in [3.05, 3.63) is 113 Å². The minimum atomic E-state index is -0.942. The van der Waals surface area contributed by atoms with E-state index < -0.39 is 5.97 Å². The molecule has 0 radical (unpaired) electrons. The highest BCUT2D eigenvalue weighted by Gasteiger charge is 2.28. The molecule has 2 heterocycles. The molecule has 0 bridgehead atoms. The van der Waals surface area contributed by atoms with Crippen molar-refractivity contribution < 1.29 is 14.7 Å². The monoisotopic (exact) mass is 515 g/mol. The number of hydrogen-bond acceptors (Lipinski definition) is 3.